The highest BCUT2D eigenvalue weighted by atomic mass is 127. The molecule has 1 aliphatic heterocycles. The molecule has 0 spiro atoms. The van der Waals surface area contributed by atoms with Crippen molar-refractivity contribution in [1.82, 2.24) is 9.80 Å². The van der Waals surface area contributed by atoms with E-state index < -0.39 is 5.97 Å². The molecule has 0 radical (unpaired) electrons. The van der Waals surface area contributed by atoms with E-state index in [1.54, 1.807) is 12.1 Å². The zero-order valence-electron chi connectivity index (χ0n) is 17.1. The van der Waals surface area contributed by atoms with Crippen LogP contribution in [0.2, 0.25) is 0 Å². The van der Waals surface area contributed by atoms with Crippen LogP contribution in [-0.4, -0.2) is 58.6 Å². The van der Waals surface area contributed by atoms with Gasteiger partial charge in [0.2, 0.25) is 0 Å². The molecule has 1 aliphatic rings. The summed E-state index contributed by atoms with van der Waals surface area (Å²) in [4.78, 5) is 28.2. The Morgan fingerprint density at radius 3 is 2.29 bits per heavy atom. The second-order valence-electron chi connectivity index (χ2n) is 7.66. The first-order valence-electron chi connectivity index (χ1n) is 9.78. The number of amides is 1. The van der Waals surface area contributed by atoms with E-state index in [1.807, 2.05) is 57.0 Å². The van der Waals surface area contributed by atoms with Gasteiger partial charge >= 0.3 is 5.97 Å². The summed E-state index contributed by atoms with van der Waals surface area (Å²) in [5.74, 6) is -0.827. The third-order valence-electron chi connectivity index (χ3n) is 5.32. The zero-order chi connectivity index (χ0) is 22.7. The minimum absolute atomic E-state index is 0.0141. The number of carboxylic acids is 1. The highest BCUT2D eigenvalue weighted by Crippen LogP contribution is 2.29. The van der Waals surface area contributed by atoms with Crippen LogP contribution in [0.4, 0.5) is 4.39 Å². The summed E-state index contributed by atoms with van der Waals surface area (Å²) < 4.78 is 20.2. The molecule has 0 aliphatic carbocycles. The third-order valence-corrected chi connectivity index (χ3v) is 6.92. The first-order valence-corrected chi connectivity index (χ1v) is 11.9. The Morgan fingerprint density at radius 1 is 1.10 bits per heavy atom. The molecule has 1 heterocycles. The number of carbonyl (C=O) groups excluding carboxylic acids is 1. The fourth-order valence-corrected chi connectivity index (χ4v) is 5.71. The largest absolute Gasteiger partial charge is 0.482 e. The van der Waals surface area contributed by atoms with Crippen LogP contribution in [0.25, 0.3) is 0 Å². The van der Waals surface area contributed by atoms with Crippen molar-refractivity contribution in [3.8, 4) is 5.75 Å². The molecule has 2 atom stereocenters. The lowest BCUT2D eigenvalue weighted by molar-refractivity contribution is -0.139. The molecule has 3 rings (SSSR count). The van der Waals surface area contributed by atoms with Gasteiger partial charge in [-0.25, -0.2) is 9.18 Å². The summed E-state index contributed by atoms with van der Waals surface area (Å²) in [6.45, 7) is 5.98. The van der Waals surface area contributed by atoms with Gasteiger partial charge in [0.25, 0.3) is 5.91 Å². The van der Waals surface area contributed by atoms with Crippen LogP contribution in [0.1, 0.15) is 29.8 Å². The van der Waals surface area contributed by atoms with Gasteiger partial charge in [-0.1, -0.05) is 12.1 Å². The minimum atomic E-state index is -1.00. The molecular weight excluding hydrogens is 629 g/mol. The van der Waals surface area contributed by atoms with Gasteiger partial charge in [0.15, 0.2) is 6.61 Å². The number of hydrogen-bond acceptors (Lipinski definition) is 4. The zero-order valence-corrected chi connectivity index (χ0v) is 21.5. The average Bonchev–Trinajstić information content (AvgIpc) is 2.71. The van der Waals surface area contributed by atoms with Gasteiger partial charge in [-0.05, 0) is 88.9 Å². The van der Waals surface area contributed by atoms with E-state index in [0.29, 0.717) is 32.5 Å². The van der Waals surface area contributed by atoms with Crippen LogP contribution in [-0.2, 0) is 11.3 Å². The van der Waals surface area contributed by atoms with Gasteiger partial charge in [-0.2, -0.15) is 0 Å². The van der Waals surface area contributed by atoms with Crippen LogP contribution in [0.3, 0.4) is 0 Å². The molecule has 6 nitrogen and oxygen atoms in total. The Labute approximate surface area is 208 Å². The Hall–Kier alpha value is -1.47. The standard InChI is InChI=1S/C22H23FI2N2O4/c1-13-10-27(14(2)9-26(13)11-15-3-5-17(23)6-4-15)20(28)12-31-21-18(24)7-16(22(29)30)8-19(21)25/h3-8,13-14H,9-12H2,1-2H3,(H,29,30). The van der Waals surface area contributed by atoms with E-state index in [9.17, 15) is 14.0 Å². The van der Waals surface area contributed by atoms with E-state index in [1.165, 1.54) is 24.3 Å². The number of carboxylic acid groups (broad SMARTS) is 1. The summed E-state index contributed by atoms with van der Waals surface area (Å²) >= 11 is 4.04. The van der Waals surface area contributed by atoms with Crippen molar-refractivity contribution in [2.45, 2.75) is 32.5 Å². The number of hydrogen-bond donors (Lipinski definition) is 1. The van der Waals surface area contributed by atoms with E-state index in [0.717, 1.165) is 5.56 Å². The number of halogens is 3. The molecule has 2 aromatic carbocycles. The monoisotopic (exact) mass is 652 g/mol. The maximum Gasteiger partial charge on any atom is 0.335 e. The lowest BCUT2D eigenvalue weighted by Gasteiger charge is -2.44. The first-order chi connectivity index (χ1) is 14.7. The molecule has 1 saturated heterocycles. The second-order valence-corrected chi connectivity index (χ2v) is 9.99. The SMILES string of the molecule is CC1CN(C(=O)COc2c(I)cc(C(=O)O)cc2I)C(C)CN1Cc1ccc(F)cc1. The Morgan fingerprint density at radius 2 is 1.71 bits per heavy atom. The molecule has 2 aromatic rings. The molecule has 1 N–H and O–H groups in total. The highest BCUT2D eigenvalue weighted by Gasteiger charge is 2.32. The normalized spacial score (nSPS) is 19.3. The smallest absolute Gasteiger partial charge is 0.335 e. The molecule has 2 unspecified atom stereocenters. The number of rotatable bonds is 6. The molecule has 31 heavy (non-hydrogen) atoms. The molecule has 0 aromatic heterocycles. The third kappa shape index (κ3) is 6.07. The molecule has 1 fully saturated rings. The number of nitrogens with zero attached hydrogens (tertiary/aromatic N) is 2. The summed E-state index contributed by atoms with van der Waals surface area (Å²) in [6, 6.07) is 9.74. The maximum absolute atomic E-state index is 13.1. The van der Waals surface area contributed by atoms with Crippen molar-refractivity contribution >= 4 is 57.1 Å². The number of piperazine rings is 1. The number of benzene rings is 2. The van der Waals surface area contributed by atoms with Crippen LogP contribution >= 0.6 is 45.2 Å². The van der Waals surface area contributed by atoms with Crippen molar-refractivity contribution in [3.63, 3.8) is 0 Å². The van der Waals surface area contributed by atoms with Gasteiger partial charge < -0.3 is 14.7 Å². The van der Waals surface area contributed by atoms with Gasteiger partial charge in [-0.15, -0.1) is 0 Å². The fourth-order valence-electron chi connectivity index (χ4n) is 3.63. The molecule has 0 saturated carbocycles. The Balaban J connectivity index is 1.60. The summed E-state index contributed by atoms with van der Waals surface area (Å²) in [5.41, 5.74) is 1.23. The predicted molar refractivity (Wildman–Crippen MR) is 132 cm³/mol. The minimum Gasteiger partial charge on any atom is -0.482 e. The van der Waals surface area contributed by atoms with Crippen LogP contribution in [0.15, 0.2) is 36.4 Å². The molecule has 9 heteroatoms. The van der Waals surface area contributed by atoms with Crippen molar-refractivity contribution < 1.29 is 23.8 Å². The van der Waals surface area contributed by atoms with E-state index in [-0.39, 0.29) is 36.0 Å². The topological polar surface area (TPSA) is 70.1 Å². The quantitative estimate of drug-likeness (QED) is 0.474. The predicted octanol–water partition coefficient (Wildman–Crippen LogP) is 4.23. The second kappa shape index (κ2) is 10.4. The van der Waals surface area contributed by atoms with Crippen molar-refractivity contribution in [2.24, 2.45) is 0 Å². The number of carbonyl (C=O) groups is 2. The number of ether oxygens (including phenoxy) is 1. The van der Waals surface area contributed by atoms with E-state index in [2.05, 4.69) is 11.8 Å². The average molecular weight is 652 g/mol. The van der Waals surface area contributed by atoms with E-state index >= 15 is 0 Å². The summed E-state index contributed by atoms with van der Waals surface area (Å²) in [7, 11) is 0. The number of aromatic carboxylic acids is 1. The molecule has 166 valence electrons. The van der Waals surface area contributed by atoms with Crippen LogP contribution in [0.5, 0.6) is 5.75 Å². The van der Waals surface area contributed by atoms with Gasteiger partial charge in [-0.3, -0.25) is 9.69 Å². The van der Waals surface area contributed by atoms with Crippen LogP contribution < -0.4 is 4.74 Å². The molecular formula is C22H23FI2N2O4. The van der Waals surface area contributed by atoms with Crippen molar-refractivity contribution in [2.75, 3.05) is 19.7 Å². The van der Waals surface area contributed by atoms with Crippen molar-refractivity contribution in [3.05, 3.63) is 60.5 Å². The van der Waals surface area contributed by atoms with Gasteiger partial charge in [0.05, 0.1) is 12.7 Å². The Bertz CT molecular complexity index is 947. The fraction of sp³-hybridized carbons (Fsp3) is 0.364. The Kier molecular flexibility index (Phi) is 8.14. The van der Waals surface area contributed by atoms with E-state index in [4.69, 9.17) is 9.84 Å². The first kappa shape index (κ1) is 24.2. The van der Waals surface area contributed by atoms with Gasteiger partial charge in [0, 0.05) is 31.7 Å². The van der Waals surface area contributed by atoms with Gasteiger partial charge in [0.1, 0.15) is 11.6 Å². The lowest BCUT2D eigenvalue weighted by Crippen LogP contribution is -2.58. The summed E-state index contributed by atoms with van der Waals surface area (Å²) in [5, 5.41) is 9.16. The highest BCUT2D eigenvalue weighted by molar-refractivity contribution is 14.1. The lowest BCUT2D eigenvalue weighted by atomic mass is 10.1. The molecule has 1 amide bonds. The summed E-state index contributed by atoms with van der Waals surface area (Å²) in [6.07, 6.45) is 0. The molecule has 0 bridgehead atoms. The van der Waals surface area contributed by atoms with Crippen molar-refractivity contribution in [1.29, 1.82) is 0 Å². The van der Waals surface area contributed by atoms with Crippen LogP contribution in [0, 0.1) is 13.0 Å². The maximum atomic E-state index is 13.1.